The van der Waals surface area contributed by atoms with E-state index in [9.17, 15) is 14.7 Å². The molecule has 0 saturated carbocycles. The molecular formula is C17H22N4O4S. The molecule has 1 aliphatic rings. The van der Waals surface area contributed by atoms with E-state index in [1.807, 2.05) is 4.90 Å². The van der Waals surface area contributed by atoms with Crippen LogP contribution in [-0.4, -0.2) is 53.0 Å². The van der Waals surface area contributed by atoms with Gasteiger partial charge >= 0.3 is 5.97 Å². The fraction of sp³-hybridized carbons (Fsp3) is 0.412. The Labute approximate surface area is 157 Å². The van der Waals surface area contributed by atoms with Crippen LogP contribution in [0.4, 0.5) is 5.69 Å². The van der Waals surface area contributed by atoms with E-state index in [0.717, 1.165) is 19.4 Å². The predicted octanol–water partition coefficient (Wildman–Crippen LogP) is 1.49. The van der Waals surface area contributed by atoms with Gasteiger partial charge in [0.15, 0.2) is 5.96 Å². The fourth-order valence-electron chi connectivity index (χ4n) is 2.77. The third-order valence-corrected chi connectivity index (χ3v) is 4.15. The summed E-state index contributed by atoms with van der Waals surface area (Å²) in [7, 11) is 1.23. The number of aromatic hydroxyl groups is 1. The summed E-state index contributed by atoms with van der Waals surface area (Å²) in [5.41, 5.74) is 6.36. The Kier molecular flexibility index (Phi) is 6.51. The van der Waals surface area contributed by atoms with E-state index in [1.165, 1.54) is 25.3 Å². The molecule has 1 atom stereocenters. The first-order chi connectivity index (χ1) is 12.3. The largest absolute Gasteiger partial charge is 0.507 e. The van der Waals surface area contributed by atoms with Crippen molar-refractivity contribution < 1.29 is 19.4 Å². The number of guanidine groups is 1. The molecule has 1 aromatic rings. The summed E-state index contributed by atoms with van der Waals surface area (Å²) in [5.74, 6) is -1.05. The number of likely N-dealkylation sites (tertiary alicyclic amines) is 1. The molecular weight excluding hydrogens is 356 g/mol. The molecule has 1 aromatic carbocycles. The molecule has 0 spiro atoms. The van der Waals surface area contributed by atoms with E-state index in [4.69, 9.17) is 18.0 Å². The summed E-state index contributed by atoms with van der Waals surface area (Å²) < 4.78 is 4.57. The van der Waals surface area contributed by atoms with Gasteiger partial charge in [-0.2, -0.15) is 0 Å². The van der Waals surface area contributed by atoms with Crippen molar-refractivity contribution in [3.05, 3.63) is 23.8 Å². The molecule has 1 aliphatic heterocycles. The van der Waals surface area contributed by atoms with Crippen molar-refractivity contribution in [2.45, 2.75) is 19.8 Å². The number of hydrogen-bond acceptors (Lipinski definition) is 5. The molecule has 2 rings (SSSR count). The number of hydrogen-bond donors (Lipinski definition) is 3. The van der Waals surface area contributed by atoms with Crippen LogP contribution in [0.25, 0.3) is 0 Å². The van der Waals surface area contributed by atoms with Crippen LogP contribution < -0.4 is 11.1 Å². The van der Waals surface area contributed by atoms with E-state index in [-0.39, 0.29) is 23.1 Å². The van der Waals surface area contributed by atoms with E-state index in [0.29, 0.717) is 23.2 Å². The maximum atomic E-state index is 12.5. The number of nitrogens with zero attached hydrogens (tertiary/aromatic N) is 2. The number of amides is 1. The lowest BCUT2D eigenvalue weighted by molar-refractivity contribution is -0.121. The SMILES string of the molecule is COC(=O)c1ccc(NC(=O)C2CCCN(C(N)=NC(C)=S)C2)cc1O. The minimum Gasteiger partial charge on any atom is -0.507 e. The van der Waals surface area contributed by atoms with Crippen LogP contribution in [0.1, 0.15) is 30.1 Å². The van der Waals surface area contributed by atoms with Crippen molar-refractivity contribution in [3.63, 3.8) is 0 Å². The molecule has 1 amide bonds. The van der Waals surface area contributed by atoms with Crippen molar-refractivity contribution in [1.82, 2.24) is 4.90 Å². The molecule has 1 heterocycles. The van der Waals surface area contributed by atoms with Crippen LogP contribution in [-0.2, 0) is 9.53 Å². The summed E-state index contributed by atoms with van der Waals surface area (Å²) in [4.78, 5) is 30.4. The van der Waals surface area contributed by atoms with Gasteiger partial charge in [0.25, 0.3) is 0 Å². The molecule has 1 saturated heterocycles. The second-order valence-corrected chi connectivity index (χ2v) is 6.58. The Morgan fingerprint density at radius 3 is 2.81 bits per heavy atom. The molecule has 0 radical (unpaired) electrons. The number of carbonyl (C=O) groups is 2. The molecule has 4 N–H and O–H groups in total. The number of aliphatic imine (C=N–C) groups is 1. The van der Waals surface area contributed by atoms with Gasteiger partial charge in [0.2, 0.25) is 5.91 Å². The topological polar surface area (TPSA) is 117 Å². The average molecular weight is 378 g/mol. The first kappa shape index (κ1) is 19.6. The molecule has 9 heteroatoms. The Hall–Kier alpha value is -2.68. The highest BCUT2D eigenvalue weighted by Crippen LogP contribution is 2.24. The minimum atomic E-state index is -0.646. The molecule has 1 fully saturated rings. The standard InChI is InChI=1S/C17H22N4O4S/c1-10(26)19-17(18)21-7-3-4-11(9-21)15(23)20-12-5-6-13(14(22)8-12)16(24)25-2/h5-6,8,11,22H,3-4,7,9H2,1-2H3,(H,20,23)(H2,18,19,26). The lowest BCUT2D eigenvalue weighted by Gasteiger charge is -2.32. The number of esters is 1. The predicted molar refractivity (Wildman–Crippen MR) is 102 cm³/mol. The number of phenolic OH excluding ortho intramolecular Hbond substituents is 1. The first-order valence-corrected chi connectivity index (χ1v) is 8.54. The second kappa shape index (κ2) is 8.61. The zero-order valence-electron chi connectivity index (χ0n) is 14.7. The van der Waals surface area contributed by atoms with Gasteiger partial charge in [-0.1, -0.05) is 12.2 Å². The monoisotopic (exact) mass is 378 g/mol. The Morgan fingerprint density at radius 2 is 2.19 bits per heavy atom. The summed E-state index contributed by atoms with van der Waals surface area (Å²) >= 11 is 4.93. The number of phenols is 1. The van der Waals surface area contributed by atoms with Gasteiger partial charge in [-0.05, 0) is 31.9 Å². The number of ether oxygens (including phenoxy) is 1. The van der Waals surface area contributed by atoms with Gasteiger partial charge in [0.05, 0.1) is 13.0 Å². The van der Waals surface area contributed by atoms with Crippen molar-refractivity contribution in [3.8, 4) is 5.75 Å². The Balaban J connectivity index is 2.04. The quantitative estimate of drug-likeness (QED) is 0.316. The van der Waals surface area contributed by atoms with E-state index < -0.39 is 5.97 Å². The zero-order chi connectivity index (χ0) is 19.3. The molecule has 1 unspecified atom stereocenters. The van der Waals surface area contributed by atoms with E-state index >= 15 is 0 Å². The number of nitrogens with one attached hydrogen (secondary N) is 1. The first-order valence-electron chi connectivity index (χ1n) is 8.13. The summed E-state index contributed by atoms with van der Waals surface area (Å²) in [6.45, 7) is 2.84. The summed E-state index contributed by atoms with van der Waals surface area (Å²) in [6.07, 6.45) is 1.52. The summed E-state index contributed by atoms with van der Waals surface area (Å²) in [6, 6.07) is 4.25. The van der Waals surface area contributed by atoms with Gasteiger partial charge < -0.3 is 25.8 Å². The Bertz CT molecular complexity index is 750. The lowest BCUT2D eigenvalue weighted by Crippen LogP contribution is -2.47. The molecule has 0 aromatic heterocycles. The van der Waals surface area contributed by atoms with Gasteiger partial charge in [0, 0.05) is 24.8 Å². The Morgan fingerprint density at radius 1 is 1.46 bits per heavy atom. The van der Waals surface area contributed by atoms with Crippen molar-refractivity contribution >= 4 is 40.7 Å². The third kappa shape index (κ3) is 4.92. The molecule has 8 nitrogen and oxygen atoms in total. The molecule has 0 bridgehead atoms. The number of carbonyl (C=O) groups excluding carboxylic acids is 2. The number of anilines is 1. The van der Waals surface area contributed by atoms with Crippen LogP contribution in [0, 0.1) is 5.92 Å². The third-order valence-electron chi connectivity index (χ3n) is 4.06. The normalized spacial score (nSPS) is 17.5. The highest BCUT2D eigenvalue weighted by atomic mass is 32.1. The smallest absolute Gasteiger partial charge is 0.341 e. The van der Waals surface area contributed by atoms with Crippen LogP contribution in [0.2, 0.25) is 0 Å². The van der Waals surface area contributed by atoms with Gasteiger partial charge in [-0.3, -0.25) is 4.79 Å². The average Bonchev–Trinajstić information content (AvgIpc) is 2.60. The van der Waals surface area contributed by atoms with E-state index in [1.54, 1.807) is 6.92 Å². The molecule has 0 aliphatic carbocycles. The molecule has 140 valence electrons. The van der Waals surface area contributed by atoms with Crippen LogP contribution >= 0.6 is 12.2 Å². The van der Waals surface area contributed by atoms with Crippen LogP contribution in [0.3, 0.4) is 0 Å². The number of benzene rings is 1. The van der Waals surface area contributed by atoms with Gasteiger partial charge in [-0.15, -0.1) is 0 Å². The second-order valence-electron chi connectivity index (χ2n) is 5.99. The number of thiocarbonyl (C=S) groups is 1. The number of nitrogens with two attached hydrogens (primary N) is 1. The fourth-order valence-corrected chi connectivity index (χ4v) is 2.86. The summed E-state index contributed by atoms with van der Waals surface area (Å²) in [5, 5.41) is 12.7. The highest BCUT2D eigenvalue weighted by molar-refractivity contribution is 7.80. The van der Waals surface area contributed by atoms with Crippen LogP contribution in [0.5, 0.6) is 5.75 Å². The number of rotatable bonds is 3. The number of piperidine rings is 1. The van der Waals surface area contributed by atoms with Gasteiger partial charge in [-0.25, -0.2) is 9.79 Å². The minimum absolute atomic E-state index is 0.0360. The lowest BCUT2D eigenvalue weighted by atomic mass is 9.97. The van der Waals surface area contributed by atoms with Crippen molar-refractivity contribution in [2.24, 2.45) is 16.6 Å². The van der Waals surface area contributed by atoms with Gasteiger partial charge in [0.1, 0.15) is 16.3 Å². The maximum absolute atomic E-state index is 12.5. The highest BCUT2D eigenvalue weighted by Gasteiger charge is 2.27. The van der Waals surface area contributed by atoms with Crippen LogP contribution in [0.15, 0.2) is 23.2 Å². The maximum Gasteiger partial charge on any atom is 0.341 e. The molecule has 26 heavy (non-hydrogen) atoms. The number of methoxy groups -OCH3 is 1. The van der Waals surface area contributed by atoms with Crippen molar-refractivity contribution in [2.75, 3.05) is 25.5 Å². The van der Waals surface area contributed by atoms with Crippen molar-refractivity contribution in [1.29, 1.82) is 0 Å². The van der Waals surface area contributed by atoms with E-state index in [2.05, 4.69) is 15.0 Å². The zero-order valence-corrected chi connectivity index (χ0v) is 15.5.